The summed E-state index contributed by atoms with van der Waals surface area (Å²) >= 11 is 0. The summed E-state index contributed by atoms with van der Waals surface area (Å²) in [6.45, 7) is 0.691. The highest BCUT2D eigenvalue weighted by molar-refractivity contribution is 5.93. The van der Waals surface area contributed by atoms with E-state index in [9.17, 15) is 9.18 Å². The molecule has 4 atom stereocenters. The molecule has 156 valence electrons. The molecule has 0 radical (unpaired) electrons. The van der Waals surface area contributed by atoms with E-state index in [-0.39, 0.29) is 11.7 Å². The van der Waals surface area contributed by atoms with Gasteiger partial charge in [0.05, 0.1) is 11.1 Å². The maximum Gasteiger partial charge on any atom is 0.252 e. The van der Waals surface area contributed by atoms with Crippen molar-refractivity contribution in [2.45, 2.75) is 31.6 Å². The van der Waals surface area contributed by atoms with Gasteiger partial charge < -0.3 is 5.32 Å². The third-order valence-electron chi connectivity index (χ3n) is 7.02. The van der Waals surface area contributed by atoms with Crippen LogP contribution in [-0.4, -0.2) is 22.4 Å². The number of nitrogens with one attached hydrogen (secondary N) is 1. The van der Waals surface area contributed by atoms with Gasteiger partial charge in [0, 0.05) is 24.3 Å². The van der Waals surface area contributed by atoms with E-state index in [1.807, 2.05) is 6.20 Å². The van der Waals surface area contributed by atoms with E-state index in [1.165, 1.54) is 17.8 Å². The van der Waals surface area contributed by atoms with Gasteiger partial charge in [0.15, 0.2) is 0 Å². The van der Waals surface area contributed by atoms with Crippen LogP contribution < -0.4 is 5.32 Å². The maximum atomic E-state index is 13.8. The number of terminal acetylenes is 1. The van der Waals surface area contributed by atoms with E-state index in [0.29, 0.717) is 41.5 Å². The average molecular weight is 413 g/mol. The minimum absolute atomic E-state index is 0.101. The van der Waals surface area contributed by atoms with Gasteiger partial charge in [0.25, 0.3) is 5.91 Å². The van der Waals surface area contributed by atoms with Crippen LogP contribution in [0.3, 0.4) is 0 Å². The van der Waals surface area contributed by atoms with Crippen molar-refractivity contribution in [3.05, 3.63) is 71.4 Å². The molecule has 2 aliphatic carbocycles. The van der Waals surface area contributed by atoms with Crippen LogP contribution in [0.1, 0.15) is 53.2 Å². The number of aromatic nitrogens is 2. The van der Waals surface area contributed by atoms with Gasteiger partial charge in [-0.15, -0.1) is 6.42 Å². The van der Waals surface area contributed by atoms with E-state index in [4.69, 9.17) is 6.42 Å². The fourth-order valence-corrected chi connectivity index (χ4v) is 5.61. The molecule has 4 nitrogen and oxygen atoms in total. The van der Waals surface area contributed by atoms with E-state index >= 15 is 0 Å². The number of fused-ring (bicyclic) bond motifs is 2. The van der Waals surface area contributed by atoms with Crippen molar-refractivity contribution in [2.75, 3.05) is 6.54 Å². The van der Waals surface area contributed by atoms with Gasteiger partial charge in [-0.2, -0.15) is 0 Å². The zero-order valence-corrected chi connectivity index (χ0v) is 17.2. The molecule has 2 aromatic heterocycles. The standard InChI is InChI=1S/C26H24FN3O/c1-2-22-5-3-17(15-29-22)26(31)30-14-16-9-18-11-20(12-19(18)10-16)23-7-8-28-25-6-4-21(27)13-24(23)25/h1,3-8,13,15-16,18-20H,9-12,14H2,(H,30,31)/t16-,18-,19+,20+. The number of rotatable bonds is 4. The smallest absolute Gasteiger partial charge is 0.252 e. The molecule has 5 rings (SSSR count). The van der Waals surface area contributed by atoms with Gasteiger partial charge in [-0.1, -0.05) is 5.92 Å². The second-order valence-corrected chi connectivity index (χ2v) is 8.87. The van der Waals surface area contributed by atoms with Gasteiger partial charge in [-0.3, -0.25) is 9.78 Å². The second kappa shape index (κ2) is 8.11. The lowest BCUT2D eigenvalue weighted by Gasteiger charge is -2.17. The minimum Gasteiger partial charge on any atom is -0.352 e. The van der Waals surface area contributed by atoms with Crippen LogP contribution in [0.4, 0.5) is 4.39 Å². The average Bonchev–Trinajstić information content (AvgIpc) is 3.36. The molecule has 3 aromatic rings. The van der Waals surface area contributed by atoms with E-state index in [2.05, 4.69) is 27.3 Å². The molecule has 2 heterocycles. The second-order valence-electron chi connectivity index (χ2n) is 8.87. The van der Waals surface area contributed by atoms with Crippen LogP contribution in [0.15, 0.2) is 48.8 Å². The number of hydrogen-bond acceptors (Lipinski definition) is 3. The lowest BCUT2D eigenvalue weighted by molar-refractivity contribution is 0.0946. The summed E-state index contributed by atoms with van der Waals surface area (Å²) in [6.07, 6.45) is 13.2. The molecule has 0 bridgehead atoms. The van der Waals surface area contributed by atoms with Gasteiger partial charge in [-0.05, 0) is 91.3 Å². The van der Waals surface area contributed by atoms with Gasteiger partial charge in [0.1, 0.15) is 11.5 Å². The topological polar surface area (TPSA) is 54.9 Å². The lowest BCUT2D eigenvalue weighted by atomic mass is 9.90. The number of halogens is 1. The van der Waals surface area contributed by atoms with Crippen molar-refractivity contribution >= 4 is 16.8 Å². The van der Waals surface area contributed by atoms with E-state index < -0.39 is 0 Å². The predicted molar refractivity (Wildman–Crippen MR) is 118 cm³/mol. The van der Waals surface area contributed by atoms with Crippen molar-refractivity contribution in [2.24, 2.45) is 17.8 Å². The van der Waals surface area contributed by atoms with Crippen molar-refractivity contribution in [3.8, 4) is 12.3 Å². The Morgan fingerprint density at radius 2 is 1.90 bits per heavy atom. The van der Waals surface area contributed by atoms with Crippen LogP contribution >= 0.6 is 0 Å². The van der Waals surface area contributed by atoms with Crippen molar-refractivity contribution in [1.29, 1.82) is 0 Å². The molecule has 5 heteroatoms. The highest BCUT2D eigenvalue weighted by Crippen LogP contribution is 2.53. The summed E-state index contributed by atoms with van der Waals surface area (Å²) in [7, 11) is 0. The molecular formula is C26H24FN3O. The van der Waals surface area contributed by atoms with Gasteiger partial charge >= 0.3 is 0 Å². The SMILES string of the molecule is C#Cc1ccc(C(=O)NC[C@@H]2C[C@@H]3C[C@H](c4ccnc5ccc(F)cc45)C[C@@H]3C2)cn1. The number of pyridine rings is 2. The lowest BCUT2D eigenvalue weighted by Crippen LogP contribution is -2.28. The molecule has 0 spiro atoms. The Bertz CT molecular complexity index is 1150. The first-order valence-electron chi connectivity index (χ1n) is 10.9. The number of benzene rings is 1. The quantitative estimate of drug-likeness (QED) is 0.631. The molecule has 0 aliphatic heterocycles. The highest BCUT2D eigenvalue weighted by atomic mass is 19.1. The molecule has 0 saturated heterocycles. The molecule has 2 saturated carbocycles. The summed E-state index contributed by atoms with van der Waals surface area (Å²) in [6, 6.07) is 10.3. The molecule has 1 amide bonds. The Morgan fingerprint density at radius 3 is 2.61 bits per heavy atom. The van der Waals surface area contributed by atoms with E-state index in [1.54, 1.807) is 24.3 Å². The molecular weight excluding hydrogens is 389 g/mol. The minimum atomic E-state index is -0.208. The fraction of sp³-hybridized carbons (Fsp3) is 0.346. The molecule has 1 N–H and O–H groups in total. The molecule has 0 unspecified atom stereocenters. The van der Waals surface area contributed by atoms with Crippen LogP contribution in [-0.2, 0) is 0 Å². The molecule has 2 aliphatic rings. The summed E-state index contributed by atoms with van der Waals surface area (Å²) in [5.74, 6) is 4.44. The Kier molecular flexibility index (Phi) is 5.15. The number of amides is 1. The Balaban J connectivity index is 1.19. The zero-order valence-electron chi connectivity index (χ0n) is 17.2. The normalized spacial score (nSPS) is 24.6. The summed E-state index contributed by atoms with van der Waals surface area (Å²) < 4.78 is 13.8. The van der Waals surface area contributed by atoms with Gasteiger partial charge in [0.2, 0.25) is 0 Å². The zero-order chi connectivity index (χ0) is 21.4. The Morgan fingerprint density at radius 1 is 1.10 bits per heavy atom. The monoisotopic (exact) mass is 413 g/mol. The third-order valence-corrected chi connectivity index (χ3v) is 7.02. The van der Waals surface area contributed by atoms with E-state index in [0.717, 1.165) is 36.6 Å². The first-order valence-corrected chi connectivity index (χ1v) is 10.9. The van der Waals surface area contributed by atoms with Crippen molar-refractivity contribution in [1.82, 2.24) is 15.3 Å². The van der Waals surface area contributed by atoms with Crippen molar-refractivity contribution < 1.29 is 9.18 Å². The largest absolute Gasteiger partial charge is 0.352 e. The number of nitrogens with zero attached hydrogens (tertiary/aromatic N) is 2. The van der Waals surface area contributed by atoms with Crippen LogP contribution in [0, 0.1) is 35.9 Å². The predicted octanol–water partition coefficient (Wildman–Crippen LogP) is 4.70. The third kappa shape index (κ3) is 3.90. The summed E-state index contributed by atoms with van der Waals surface area (Å²) in [5, 5.41) is 4.01. The van der Waals surface area contributed by atoms with Crippen LogP contribution in [0.25, 0.3) is 10.9 Å². The first kappa shape index (κ1) is 19.7. The van der Waals surface area contributed by atoms with Crippen LogP contribution in [0.5, 0.6) is 0 Å². The molecule has 1 aromatic carbocycles. The fourth-order valence-electron chi connectivity index (χ4n) is 5.61. The number of hydrogen-bond donors (Lipinski definition) is 1. The highest BCUT2D eigenvalue weighted by Gasteiger charge is 2.42. The van der Waals surface area contributed by atoms with Gasteiger partial charge in [-0.25, -0.2) is 9.37 Å². The number of carbonyl (C=O) groups excluding carboxylic acids is 1. The van der Waals surface area contributed by atoms with Crippen molar-refractivity contribution in [3.63, 3.8) is 0 Å². The first-order chi connectivity index (χ1) is 15.1. The molecule has 2 fully saturated rings. The Labute approximate surface area is 181 Å². The van der Waals surface area contributed by atoms with Crippen LogP contribution in [0.2, 0.25) is 0 Å². The summed E-state index contributed by atoms with van der Waals surface area (Å²) in [4.78, 5) is 20.9. The maximum absolute atomic E-state index is 13.8. The summed E-state index contributed by atoms with van der Waals surface area (Å²) in [5.41, 5.74) is 3.15. The Hall–Kier alpha value is -3.26. The number of carbonyl (C=O) groups is 1. The molecule has 31 heavy (non-hydrogen) atoms.